The number of pyridine rings is 1. The predicted molar refractivity (Wildman–Crippen MR) is 79.1 cm³/mol. The van der Waals surface area contributed by atoms with Crippen LogP contribution in [0.3, 0.4) is 0 Å². The van der Waals surface area contributed by atoms with Gasteiger partial charge in [0.15, 0.2) is 0 Å². The molecule has 3 rings (SSSR count). The maximum absolute atomic E-state index is 5.50. The van der Waals surface area contributed by atoms with Crippen LogP contribution in [-0.4, -0.2) is 43.3 Å². The smallest absolute Gasteiger partial charge is 0.145 e. The van der Waals surface area contributed by atoms with Gasteiger partial charge >= 0.3 is 0 Å². The summed E-state index contributed by atoms with van der Waals surface area (Å²) in [4.78, 5) is 6.85. The van der Waals surface area contributed by atoms with Gasteiger partial charge in [-0.15, -0.1) is 0 Å². The summed E-state index contributed by atoms with van der Waals surface area (Å²) in [6, 6.07) is 8.73. The van der Waals surface area contributed by atoms with Crippen molar-refractivity contribution in [3.63, 3.8) is 0 Å². The summed E-state index contributed by atoms with van der Waals surface area (Å²) in [7, 11) is 1.70. The Bertz CT molecular complexity index is 594. The van der Waals surface area contributed by atoms with Crippen molar-refractivity contribution in [2.45, 2.75) is 13.0 Å². The first-order valence-electron chi connectivity index (χ1n) is 7.04. The van der Waals surface area contributed by atoms with E-state index in [9.17, 15) is 0 Å². The molecule has 4 heteroatoms. The van der Waals surface area contributed by atoms with Gasteiger partial charge in [0.25, 0.3) is 0 Å². The fraction of sp³-hybridized carbons (Fsp3) is 0.438. The zero-order valence-electron chi connectivity index (χ0n) is 12.0. The standard InChI is InChI=1S/C16H20N2O2/c1-12(18-6-8-20-9-7-18)14-10-13-4-3-5-17-16(13)15(11-14)19-2/h3-5,10-12H,6-9H2,1-2H3. The molecule has 1 aromatic carbocycles. The maximum Gasteiger partial charge on any atom is 0.145 e. The van der Waals surface area contributed by atoms with Crippen LogP contribution in [0.25, 0.3) is 10.9 Å². The third-order valence-electron chi connectivity index (χ3n) is 3.99. The molecular weight excluding hydrogens is 252 g/mol. The zero-order chi connectivity index (χ0) is 13.9. The molecule has 0 bridgehead atoms. The number of hydrogen-bond donors (Lipinski definition) is 0. The molecule has 20 heavy (non-hydrogen) atoms. The minimum absolute atomic E-state index is 0.359. The van der Waals surface area contributed by atoms with Crippen LogP contribution in [0.5, 0.6) is 5.75 Å². The number of rotatable bonds is 3. The molecule has 0 saturated carbocycles. The fourth-order valence-corrected chi connectivity index (χ4v) is 2.75. The van der Waals surface area contributed by atoms with Gasteiger partial charge in [-0.05, 0) is 30.7 Å². The molecule has 2 aromatic rings. The van der Waals surface area contributed by atoms with Gasteiger partial charge in [-0.3, -0.25) is 9.88 Å². The fourth-order valence-electron chi connectivity index (χ4n) is 2.75. The van der Waals surface area contributed by atoms with E-state index in [2.05, 4.69) is 35.0 Å². The lowest BCUT2D eigenvalue weighted by Gasteiger charge is -2.32. The minimum Gasteiger partial charge on any atom is -0.494 e. The van der Waals surface area contributed by atoms with Gasteiger partial charge in [0.05, 0.1) is 20.3 Å². The number of benzene rings is 1. The third-order valence-corrected chi connectivity index (χ3v) is 3.99. The molecule has 1 aliphatic rings. The second kappa shape index (κ2) is 5.77. The van der Waals surface area contributed by atoms with Crippen LogP contribution in [0.4, 0.5) is 0 Å². The summed E-state index contributed by atoms with van der Waals surface area (Å²) < 4.78 is 10.9. The van der Waals surface area contributed by atoms with Crippen LogP contribution < -0.4 is 4.74 Å². The average molecular weight is 272 g/mol. The van der Waals surface area contributed by atoms with Crippen LogP contribution in [0.1, 0.15) is 18.5 Å². The second-order valence-corrected chi connectivity index (χ2v) is 5.12. The molecule has 0 radical (unpaired) electrons. The van der Waals surface area contributed by atoms with Crippen LogP contribution in [0.15, 0.2) is 30.5 Å². The van der Waals surface area contributed by atoms with Crippen molar-refractivity contribution in [2.75, 3.05) is 33.4 Å². The Morgan fingerprint density at radius 2 is 2.10 bits per heavy atom. The normalized spacial score (nSPS) is 18.1. The van der Waals surface area contributed by atoms with E-state index in [-0.39, 0.29) is 0 Å². The van der Waals surface area contributed by atoms with Crippen molar-refractivity contribution in [2.24, 2.45) is 0 Å². The number of methoxy groups -OCH3 is 1. The molecule has 1 aromatic heterocycles. The van der Waals surface area contributed by atoms with E-state index in [0.29, 0.717) is 6.04 Å². The molecule has 0 aliphatic carbocycles. The quantitative estimate of drug-likeness (QED) is 0.860. The molecule has 1 unspecified atom stereocenters. The van der Waals surface area contributed by atoms with E-state index < -0.39 is 0 Å². The Morgan fingerprint density at radius 3 is 2.85 bits per heavy atom. The highest BCUT2D eigenvalue weighted by atomic mass is 16.5. The number of aromatic nitrogens is 1. The van der Waals surface area contributed by atoms with Crippen LogP contribution in [0, 0.1) is 0 Å². The maximum atomic E-state index is 5.50. The Kier molecular flexibility index (Phi) is 3.85. The molecule has 2 heterocycles. The lowest BCUT2D eigenvalue weighted by molar-refractivity contribution is 0.0198. The third kappa shape index (κ3) is 2.49. The SMILES string of the molecule is COc1cc(C(C)N2CCOCC2)cc2cccnc12. The number of hydrogen-bond acceptors (Lipinski definition) is 4. The van der Waals surface area contributed by atoms with Crippen LogP contribution >= 0.6 is 0 Å². The van der Waals surface area contributed by atoms with Crippen molar-refractivity contribution >= 4 is 10.9 Å². The van der Waals surface area contributed by atoms with Gasteiger partial charge in [-0.1, -0.05) is 6.07 Å². The van der Waals surface area contributed by atoms with E-state index in [1.165, 1.54) is 5.56 Å². The van der Waals surface area contributed by atoms with Crippen molar-refractivity contribution in [1.82, 2.24) is 9.88 Å². The topological polar surface area (TPSA) is 34.6 Å². The van der Waals surface area contributed by atoms with Crippen LogP contribution in [0.2, 0.25) is 0 Å². The molecule has 0 spiro atoms. The molecule has 1 fully saturated rings. The number of nitrogens with zero attached hydrogens (tertiary/aromatic N) is 2. The summed E-state index contributed by atoms with van der Waals surface area (Å²) in [5.41, 5.74) is 2.19. The molecule has 1 aliphatic heterocycles. The summed E-state index contributed by atoms with van der Waals surface area (Å²) in [6.07, 6.45) is 1.80. The minimum atomic E-state index is 0.359. The highest BCUT2D eigenvalue weighted by Gasteiger charge is 2.19. The summed E-state index contributed by atoms with van der Waals surface area (Å²) in [5.74, 6) is 0.846. The van der Waals surface area contributed by atoms with Gasteiger partial charge in [-0.2, -0.15) is 0 Å². The van der Waals surface area contributed by atoms with Gasteiger partial charge in [0.1, 0.15) is 11.3 Å². The van der Waals surface area contributed by atoms with Crippen molar-refractivity contribution < 1.29 is 9.47 Å². The first-order valence-corrected chi connectivity index (χ1v) is 7.04. The van der Waals surface area contributed by atoms with Crippen molar-refractivity contribution in [1.29, 1.82) is 0 Å². The molecular formula is C16H20N2O2. The first kappa shape index (κ1) is 13.3. The van der Waals surface area contributed by atoms with Crippen molar-refractivity contribution in [3.05, 3.63) is 36.0 Å². The van der Waals surface area contributed by atoms with E-state index in [4.69, 9.17) is 9.47 Å². The molecule has 4 nitrogen and oxygen atoms in total. The summed E-state index contributed by atoms with van der Waals surface area (Å²) in [6.45, 7) is 5.83. The van der Waals surface area contributed by atoms with E-state index in [0.717, 1.165) is 43.0 Å². The Morgan fingerprint density at radius 1 is 1.30 bits per heavy atom. The highest BCUT2D eigenvalue weighted by Crippen LogP contribution is 2.30. The molecule has 0 N–H and O–H groups in total. The number of morpholine rings is 1. The average Bonchev–Trinajstić information content (AvgIpc) is 2.54. The van der Waals surface area contributed by atoms with Crippen molar-refractivity contribution in [3.8, 4) is 5.75 Å². The lowest BCUT2D eigenvalue weighted by atomic mass is 10.0. The van der Waals surface area contributed by atoms with Crippen LogP contribution in [-0.2, 0) is 4.74 Å². The van der Waals surface area contributed by atoms with E-state index >= 15 is 0 Å². The molecule has 1 atom stereocenters. The first-order chi connectivity index (χ1) is 9.79. The Hall–Kier alpha value is -1.65. The Labute approximate surface area is 119 Å². The largest absolute Gasteiger partial charge is 0.494 e. The van der Waals surface area contributed by atoms with Gasteiger partial charge in [-0.25, -0.2) is 0 Å². The van der Waals surface area contributed by atoms with E-state index in [1.807, 2.05) is 6.07 Å². The zero-order valence-corrected chi connectivity index (χ0v) is 12.0. The lowest BCUT2D eigenvalue weighted by Crippen LogP contribution is -2.38. The van der Waals surface area contributed by atoms with Gasteiger partial charge in [0.2, 0.25) is 0 Å². The van der Waals surface area contributed by atoms with Gasteiger partial charge < -0.3 is 9.47 Å². The second-order valence-electron chi connectivity index (χ2n) is 5.12. The monoisotopic (exact) mass is 272 g/mol. The molecule has 106 valence electrons. The molecule has 1 saturated heterocycles. The van der Waals surface area contributed by atoms with Gasteiger partial charge in [0, 0.05) is 30.7 Å². The molecule has 0 amide bonds. The summed E-state index contributed by atoms with van der Waals surface area (Å²) >= 11 is 0. The predicted octanol–water partition coefficient (Wildman–Crippen LogP) is 2.64. The summed E-state index contributed by atoms with van der Waals surface area (Å²) in [5, 5.41) is 1.13. The number of fused-ring (bicyclic) bond motifs is 1. The van der Waals surface area contributed by atoms with E-state index in [1.54, 1.807) is 13.3 Å². The highest BCUT2D eigenvalue weighted by molar-refractivity contribution is 5.85. The Balaban J connectivity index is 1.98. The number of ether oxygens (including phenoxy) is 2.